The van der Waals surface area contributed by atoms with Crippen LogP contribution in [0, 0.1) is 0 Å². The molecule has 207 valence electrons. The summed E-state index contributed by atoms with van der Waals surface area (Å²) < 4.78 is 42.1. The minimum Gasteiger partial charge on any atom is -0.493 e. The van der Waals surface area contributed by atoms with E-state index in [2.05, 4.69) is 27.3 Å². The summed E-state index contributed by atoms with van der Waals surface area (Å²) in [6.07, 6.45) is 2.07. The molecule has 0 spiro atoms. The molecule has 0 bridgehead atoms. The van der Waals surface area contributed by atoms with Crippen molar-refractivity contribution in [2.24, 2.45) is 10.2 Å². The molecule has 1 radical (unpaired) electrons. The Balaban J connectivity index is 0.00000353. The Kier molecular flexibility index (Phi) is 8.90. The van der Waals surface area contributed by atoms with Crippen LogP contribution in [0.5, 0.6) is 5.75 Å². The Hall–Kier alpha value is -3.42. The second kappa shape index (κ2) is 12.4. The second-order valence-corrected chi connectivity index (χ2v) is 11.7. The van der Waals surface area contributed by atoms with Gasteiger partial charge in [-0.25, -0.2) is 0 Å². The third kappa shape index (κ3) is 5.77. The summed E-state index contributed by atoms with van der Waals surface area (Å²) >= 11 is 1.66. The van der Waals surface area contributed by atoms with Gasteiger partial charge in [-0.2, -0.15) is 8.42 Å². The maximum absolute atomic E-state index is 12.0. The Morgan fingerprint density at radius 3 is 2.36 bits per heavy atom. The number of azo groups is 1. The largest absolute Gasteiger partial charge is 0.493 e. The van der Waals surface area contributed by atoms with Gasteiger partial charge in [0.15, 0.2) is 0 Å². The average molecular weight is 608 g/mol. The fourth-order valence-corrected chi connectivity index (χ4v) is 6.70. The van der Waals surface area contributed by atoms with Crippen LogP contribution in [0.4, 0.5) is 17.1 Å². The predicted octanol–water partition coefficient (Wildman–Crippen LogP) is 6.89. The monoisotopic (exact) mass is 607 g/mol. The number of aliphatic hydroxyl groups is 1. The van der Waals surface area contributed by atoms with E-state index in [1.165, 1.54) is 6.07 Å². The van der Waals surface area contributed by atoms with E-state index in [1.807, 2.05) is 30.3 Å². The van der Waals surface area contributed by atoms with Crippen LogP contribution < -0.4 is 10.5 Å². The van der Waals surface area contributed by atoms with Crippen LogP contribution in [0.25, 0.3) is 42.2 Å². The fraction of sp³-hybridized carbons (Fsp3) is 0.100. The number of ether oxygens (including phenoxy) is 1. The Bertz CT molecular complexity index is 2060. The minimum absolute atomic E-state index is 0. The van der Waals surface area contributed by atoms with Gasteiger partial charge in [0.25, 0.3) is 10.1 Å². The summed E-state index contributed by atoms with van der Waals surface area (Å²) in [5, 5.41) is 20.6. The first-order valence-electron chi connectivity index (χ1n) is 12.7. The quantitative estimate of drug-likeness (QED) is 0.0561. The number of nitrogen functional groups attached to an aromatic ring is 1. The van der Waals surface area contributed by atoms with Gasteiger partial charge in [-0.05, 0) is 36.4 Å². The normalized spacial score (nSPS) is 11.9. The number of anilines is 1. The summed E-state index contributed by atoms with van der Waals surface area (Å²) in [6.45, 7) is 0.400. The van der Waals surface area contributed by atoms with Crippen molar-refractivity contribution < 1.29 is 22.8 Å². The molecule has 12 heteroatoms. The molecule has 0 saturated heterocycles. The molecule has 42 heavy (non-hydrogen) atoms. The van der Waals surface area contributed by atoms with Gasteiger partial charge in [-0.3, -0.25) is 9.54 Å². The van der Waals surface area contributed by atoms with Crippen molar-refractivity contribution in [2.75, 3.05) is 18.9 Å². The number of aliphatic hydroxyl groups excluding tert-OH is 1. The Labute approximate surface area is 267 Å². The van der Waals surface area contributed by atoms with Crippen molar-refractivity contribution in [3.05, 3.63) is 85.1 Å². The fourth-order valence-electron chi connectivity index (χ4n) is 4.73. The molecule has 2 heterocycles. The molecule has 0 aliphatic carbocycles. The molecule has 0 unspecified atom stereocenters. The Morgan fingerprint density at radius 1 is 0.905 bits per heavy atom. The van der Waals surface area contributed by atoms with Crippen LogP contribution in [-0.4, -0.2) is 65.8 Å². The van der Waals surface area contributed by atoms with Gasteiger partial charge in [-0.15, -0.1) is 21.6 Å². The van der Waals surface area contributed by atoms with Gasteiger partial charge in [0.2, 0.25) is 0 Å². The number of rotatable bonds is 8. The minimum atomic E-state index is -4.52. The number of hydrogen-bond donors (Lipinski definition) is 3. The third-order valence-electron chi connectivity index (χ3n) is 6.65. The molecule has 0 aliphatic rings. The molecule has 2 aromatic heterocycles. The maximum Gasteiger partial charge on any atom is 0.295 e. The van der Waals surface area contributed by atoms with Crippen LogP contribution in [0.15, 0.2) is 100 Å². The van der Waals surface area contributed by atoms with Crippen molar-refractivity contribution in [3.8, 4) is 17.0 Å². The molecule has 4 aromatic carbocycles. The maximum atomic E-state index is 12.0. The van der Waals surface area contributed by atoms with Gasteiger partial charge < -0.3 is 15.6 Å². The first-order chi connectivity index (χ1) is 19.8. The zero-order chi connectivity index (χ0) is 28.6. The van der Waals surface area contributed by atoms with Crippen LogP contribution in [0.3, 0.4) is 0 Å². The number of hydrogen-bond acceptors (Lipinski definition) is 9. The van der Waals surface area contributed by atoms with E-state index in [-0.39, 0.29) is 52.4 Å². The van der Waals surface area contributed by atoms with Crippen molar-refractivity contribution in [3.63, 3.8) is 0 Å². The second-order valence-electron chi connectivity index (χ2n) is 9.27. The number of aromatic nitrogens is 1. The van der Waals surface area contributed by atoms with Gasteiger partial charge >= 0.3 is 0 Å². The van der Waals surface area contributed by atoms with Crippen LogP contribution in [0.1, 0.15) is 6.42 Å². The molecule has 0 aliphatic heterocycles. The molecule has 9 nitrogen and oxygen atoms in total. The topological polar surface area (TPSA) is 147 Å². The van der Waals surface area contributed by atoms with Crippen LogP contribution >= 0.6 is 11.3 Å². The number of fused-ring (bicyclic) bond motifs is 4. The molecule has 0 amide bonds. The average Bonchev–Trinajstić information content (AvgIpc) is 3.35. The standard InChI is InChI=1S/C30H24N4O5S2.Na/c31-29-21-8-2-1-7-20(21)27(41(36,37)38)16-24(29)34-33-18-10-12-23(32-17-18)28-25(39-15-5-14-35)13-11-22-19-6-3-4-9-26(19)40-30(22)28;/h1-4,6-13,16-17,35H,5,14-15,31H2,(H,36,37,38);. The van der Waals surface area contributed by atoms with E-state index >= 15 is 0 Å². The Morgan fingerprint density at radius 2 is 1.64 bits per heavy atom. The summed E-state index contributed by atoms with van der Waals surface area (Å²) in [5.41, 5.74) is 8.56. The number of nitrogens with zero attached hydrogens (tertiary/aromatic N) is 3. The third-order valence-corrected chi connectivity index (χ3v) is 8.75. The van der Waals surface area contributed by atoms with E-state index in [0.29, 0.717) is 40.9 Å². The van der Waals surface area contributed by atoms with Crippen molar-refractivity contribution in [2.45, 2.75) is 11.3 Å². The van der Waals surface area contributed by atoms with E-state index in [4.69, 9.17) is 10.5 Å². The molecule has 6 aromatic rings. The number of thiophene rings is 1. The van der Waals surface area contributed by atoms with E-state index in [0.717, 1.165) is 25.7 Å². The predicted molar refractivity (Wildman–Crippen MR) is 168 cm³/mol. The van der Waals surface area contributed by atoms with Crippen molar-refractivity contribution in [1.29, 1.82) is 0 Å². The summed E-state index contributed by atoms with van der Waals surface area (Å²) in [4.78, 5) is 4.36. The molecule has 0 atom stereocenters. The summed E-state index contributed by atoms with van der Waals surface area (Å²) in [7, 11) is -4.52. The molecule has 0 fully saturated rings. The van der Waals surface area contributed by atoms with E-state index < -0.39 is 10.1 Å². The molecular formula is C30H24N4NaO5S2. The molecule has 6 rings (SSSR count). The summed E-state index contributed by atoms with van der Waals surface area (Å²) in [6, 6.07) is 23.5. The van der Waals surface area contributed by atoms with Crippen LogP contribution in [-0.2, 0) is 10.1 Å². The van der Waals surface area contributed by atoms with Gasteiger partial charge in [0.05, 0.1) is 29.7 Å². The number of nitrogens with two attached hydrogens (primary N) is 1. The van der Waals surface area contributed by atoms with Crippen molar-refractivity contribution in [1.82, 2.24) is 4.98 Å². The number of benzene rings is 4. The number of pyridine rings is 1. The first-order valence-corrected chi connectivity index (χ1v) is 15.0. The first kappa shape index (κ1) is 30.1. The molecule has 0 saturated carbocycles. The van der Waals surface area contributed by atoms with Gasteiger partial charge in [-0.1, -0.05) is 42.5 Å². The summed E-state index contributed by atoms with van der Waals surface area (Å²) in [5.74, 6) is 0.668. The van der Waals surface area contributed by atoms with Crippen molar-refractivity contribution >= 4 is 99.0 Å². The van der Waals surface area contributed by atoms with Crippen LogP contribution in [0.2, 0.25) is 0 Å². The van der Waals surface area contributed by atoms with E-state index in [1.54, 1.807) is 47.9 Å². The molecule has 4 N–H and O–H groups in total. The smallest absolute Gasteiger partial charge is 0.295 e. The van der Waals surface area contributed by atoms with Gasteiger partial charge in [0.1, 0.15) is 22.0 Å². The molecular weight excluding hydrogens is 583 g/mol. The zero-order valence-electron chi connectivity index (χ0n) is 22.6. The van der Waals surface area contributed by atoms with Gasteiger partial charge in [0, 0.05) is 73.5 Å². The van der Waals surface area contributed by atoms with E-state index in [9.17, 15) is 18.1 Å². The zero-order valence-corrected chi connectivity index (χ0v) is 26.2. The SMILES string of the molecule is Nc1c(N=Nc2ccc(-c3c(OCCCO)ccc4c3sc3ccccc34)nc2)cc(S(=O)(=O)O)c2ccccc12.[Na].